The first kappa shape index (κ1) is 14.1. The highest BCUT2D eigenvalue weighted by Gasteiger charge is 2.13. The molecular formula is C16H17NO3. The molecule has 0 heterocycles. The number of nitrogens with one attached hydrogen (secondary N) is 1. The van der Waals surface area contributed by atoms with Crippen molar-refractivity contribution in [3.05, 3.63) is 60.2 Å². The summed E-state index contributed by atoms with van der Waals surface area (Å²) in [4.78, 5) is 11.8. The molecule has 0 aliphatic heterocycles. The van der Waals surface area contributed by atoms with Gasteiger partial charge < -0.3 is 15.2 Å². The van der Waals surface area contributed by atoms with Crippen molar-refractivity contribution < 1.29 is 14.6 Å². The first-order valence-corrected chi connectivity index (χ1v) is 6.36. The number of methoxy groups -OCH3 is 1. The van der Waals surface area contributed by atoms with Crippen LogP contribution < -0.4 is 10.1 Å². The Kier molecular flexibility index (Phi) is 4.74. The van der Waals surface area contributed by atoms with E-state index in [9.17, 15) is 9.90 Å². The van der Waals surface area contributed by atoms with Gasteiger partial charge in [-0.15, -0.1) is 0 Å². The van der Waals surface area contributed by atoms with E-state index in [1.807, 2.05) is 18.2 Å². The molecule has 0 aliphatic rings. The summed E-state index contributed by atoms with van der Waals surface area (Å²) in [7, 11) is 1.58. The molecule has 0 radical (unpaired) electrons. The second-order valence-corrected chi connectivity index (χ2v) is 4.41. The number of carbonyl (C=O) groups excluding carboxylic acids is 1. The van der Waals surface area contributed by atoms with E-state index in [1.165, 1.54) is 0 Å². The van der Waals surface area contributed by atoms with Gasteiger partial charge in [-0.2, -0.15) is 0 Å². The van der Waals surface area contributed by atoms with E-state index in [-0.39, 0.29) is 12.3 Å². The van der Waals surface area contributed by atoms with Crippen LogP contribution in [0.4, 0.5) is 5.69 Å². The summed E-state index contributed by atoms with van der Waals surface area (Å²) in [5, 5.41) is 12.8. The molecule has 0 aliphatic carbocycles. The average molecular weight is 271 g/mol. The number of anilines is 1. The monoisotopic (exact) mass is 271 g/mol. The lowest BCUT2D eigenvalue weighted by Gasteiger charge is -2.12. The maximum absolute atomic E-state index is 11.8. The van der Waals surface area contributed by atoms with Gasteiger partial charge in [0.1, 0.15) is 5.75 Å². The Hall–Kier alpha value is -2.33. The summed E-state index contributed by atoms with van der Waals surface area (Å²) in [5.41, 5.74) is 1.41. The van der Waals surface area contributed by atoms with Gasteiger partial charge in [-0.3, -0.25) is 4.79 Å². The molecule has 0 saturated heterocycles. The number of ether oxygens (including phenoxy) is 1. The second kappa shape index (κ2) is 6.73. The zero-order chi connectivity index (χ0) is 14.4. The van der Waals surface area contributed by atoms with Gasteiger partial charge in [-0.05, 0) is 29.8 Å². The summed E-state index contributed by atoms with van der Waals surface area (Å²) in [6.07, 6.45) is -0.814. The normalized spacial score (nSPS) is 11.7. The lowest BCUT2D eigenvalue weighted by atomic mass is 10.1. The fourth-order valence-electron chi connectivity index (χ4n) is 1.85. The third-order valence-corrected chi connectivity index (χ3v) is 2.94. The molecule has 0 saturated carbocycles. The Morgan fingerprint density at radius 1 is 1.15 bits per heavy atom. The van der Waals surface area contributed by atoms with E-state index in [4.69, 9.17) is 4.74 Å². The van der Waals surface area contributed by atoms with Crippen molar-refractivity contribution in [3.8, 4) is 5.75 Å². The van der Waals surface area contributed by atoms with Gasteiger partial charge in [-0.1, -0.05) is 30.3 Å². The van der Waals surface area contributed by atoms with Crippen molar-refractivity contribution in [1.82, 2.24) is 0 Å². The summed E-state index contributed by atoms with van der Waals surface area (Å²) in [6, 6.07) is 16.2. The quantitative estimate of drug-likeness (QED) is 0.879. The molecule has 4 heteroatoms. The van der Waals surface area contributed by atoms with Gasteiger partial charge in [0.25, 0.3) is 0 Å². The summed E-state index contributed by atoms with van der Waals surface area (Å²) in [6.45, 7) is 0. The van der Waals surface area contributed by atoms with E-state index < -0.39 is 6.10 Å². The van der Waals surface area contributed by atoms with Crippen molar-refractivity contribution in [1.29, 1.82) is 0 Å². The summed E-state index contributed by atoms with van der Waals surface area (Å²) in [5.74, 6) is 0.495. The Morgan fingerprint density at radius 3 is 2.40 bits per heavy atom. The van der Waals surface area contributed by atoms with Gasteiger partial charge >= 0.3 is 0 Å². The Balaban J connectivity index is 1.93. The van der Waals surface area contributed by atoms with Crippen LogP contribution in [0.2, 0.25) is 0 Å². The fraction of sp³-hybridized carbons (Fsp3) is 0.188. The average Bonchev–Trinajstić information content (AvgIpc) is 2.48. The summed E-state index contributed by atoms with van der Waals surface area (Å²) >= 11 is 0. The predicted octanol–water partition coefficient (Wildman–Crippen LogP) is 2.76. The maximum atomic E-state index is 11.8. The van der Waals surface area contributed by atoms with Crippen LogP contribution in [0, 0.1) is 0 Å². The van der Waals surface area contributed by atoms with Crippen molar-refractivity contribution in [3.63, 3.8) is 0 Å². The molecule has 0 aromatic heterocycles. The highest BCUT2D eigenvalue weighted by Crippen LogP contribution is 2.20. The van der Waals surface area contributed by atoms with Crippen LogP contribution in [0.5, 0.6) is 5.75 Å². The smallest absolute Gasteiger partial charge is 0.227 e. The molecule has 0 unspecified atom stereocenters. The number of benzene rings is 2. The molecule has 1 atom stereocenters. The standard InChI is InChI=1S/C16H17NO3/c1-20-14-9-7-12(8-10-14)15(18)11-16(19)17-13-5-3-2-4-6-13/h2-10,15,18H,11H2,1H3,(H,17,19)/t15-/m0/s1. The number of carbonyl (C=O) groups is 1. The van der Waals surface area contributed by atoms with E-state index in [0.29, 0.717) is 5.56 Å². The second-order valence-electron chi connectivity index (χ2n) is 4.41. The minimum absolute atomic E-state index is 0.0151. The molecular weight excluding hydrogens is 254 g/mol. The predicted molar refractivity (Wildman–Crippen MR) is 77.6 cm³/mol. The lowest BCUT2D eigenvalue weighted by Crippen LogP contribution is -2.15. The first-order valence-electron chi connectivity index (χ1n) is 6.36. The van der Waals surface area contributed by atoms with Crippen LogP contribution in [0.3, 0.4) is 0 Å². The highest BCUT2D eigenvalue weighted by molar-refractivity contribution is 5.91. The van der Waals surface area contributed by atoms with Gasteiger partial charge in [0, 0.05) is 5.69 Å². The van der Waals surface area contributed by atoms with E-state index in [2.05, 4.69) is 5.32 Å². The van der Waals surface area contributed by atoms with Gasteiger partial charge in [-0.25, -0.2) is 0 Å². The van der Waals surface area contributed by atoms with Crippen molar-refractivity contribution >= 4 is 11.6 Å². The van der Waals surface area contributed by atoms with Crippen LogP contribution >= 0.6 is 0 Å². The minimum atomic E-state index is -0.829. The Labute approximate surface area is 118 Å². The maximum Gasteiger partial charge on any atom is 0.227 e. The van der Waals surface area contributed by atoms with Gasteiger partial charge in [0.15, 0.2) is 0 Å². The van der Waals surface area contributed by atoms with Crippen LogP contribution in [0.15, 0.2) is 54.6 Å². The van der Waals surface area contributed by atoms with Gasteiger partial charge in [0.05, 0.1) is 19.6 Å². The highest BCUT2D eigenvalue weighted by atomic mass is 16.5. The molecule has 104 valence electrons. The fourth-order valence-corrected chi connectivity index (χ4v) is 1.85. The van der Waals surface area contributed by atoms with Crippen molar-refractivity contribution in [2.24, 2.45) is 0 Å². The van der Waals surface area contributed by atoms with Crippen LogP contribution in [-0.4, -0.2) is 18.1 Å². The molecule has 2 aromatic rings. The largest absolute Gasteiger partial charge is 0.497 e. The lowest BCUT2D eigenvalue weighted by molar-refractivity contribution is -0.118. The topological polar surface area (TPSA) is 58.6 Å². The molecule has 20 heavy (non-hydrogen) atoms. The number of para-hydroxylation sites is 1. The van der Waals surface area contributed by atoms with E-state index in [1.54, 1.807) is 43.5 Å². The molecule has 1 amide bonds. The number of hydrogen-bond acceptors (Lipinski definition) is 3. The van der Waals surface area contributed by atoms with Crippen LogP contribution in [0.25, 0.3) is 0 Å². The molecule has 0 fully saturated rings. The molecule has 0 bridgehead atoms. The number of hydrogen-bond donors (Lipinski definition) is 2. The van der Waals surface area contributed by atoms with Crippen molar-refractivity contribution in [2.45, 2.75) is 12.5 Å². The van der Waals surface area contributed by atoms with E-state index >= 15 is 0 Å². The molecule has 2 rings (SSSR count). The third-order valence-electron chi connectivity index (χ3n) is 2.94. The minimum Gasteiger partial charge on any atom is -0.497 e. The number of aliphatic hydroxyl groups excluding tert-OH is 1. The van der Waals surface area contributed by atoms with Crippen molar-refractivity contribution in [2.75, 3.05) is 12.4 Å². The zero-order valence-electron chi connectivity index (χ0n) is 11.2. The van der Waals surface area contributed by atoms with E-state index in [0.717, 1.165) is 11.4 Å². The molecule has 2 N–H and O–H groups in total. The number of amides is 1. The number of aliphatic hydroxyl groups is 1. The van der Waals surface area contributed by atoms with Gasteiger partial charge in [0.2, 0.25) is 5.91 Å². The first-order chi connectivity index (χ1) is 9.69. The summed E-state index contributed by atoms with van der Waals surface area (Å²) < 4.78 is 5.05. The third kappa shape index (κ3) is 3.83. The Morgan fingerprint density at radius 2 is 1.80 bits per heavy atom. The molecule has 0 spiro atoms. The molecule has 4 nitrogen and oxygen atoms in total. The molecule has 2 aromatic carbocycles. The van der Waals surface area contributed by atoms with Crippen LogP contribution in [-0.2, 0) is 4.79 Å². The SMILES string of the molecule is COc1ccc([C@@H](O)CC(=O)Nc2ccccc2)cc1. The number of rotatable bonds is 5. The Bertz CT molecular complexity index is 552. The van der Waals surface area contributed by atoms with Crippen LogP contribution in [0.1, 0.15) is 18.1 Å². The zero-order valence-corrected chi connectivity index (χ0v) is 11.2.